The monoisotopic (exact) mass is 325 g/mol. The maximum Gasteiger partial charge on any atom is 0.0834 e. The number of hydrogen-bond acceptors (Lipinski definition) is 4. The van der Waals surface area contributed by atoms with E-state index in [-0.39, 0.29) is 6.04 Å². The van der Waals surface area contributed by atoms with Crippen LogP contribution in [0.3, 0.4) is 0 Å². The van der Waals surface area contributed by atoms with Crippen molar-refractivity contribution in [2.24, 2.45) is 5.73 Å². The van der Waals surface area contributed by atoms with Gasteiger partial charge in [-0.15, -0.1) is 11.8 Å². The predicted molar refractivity (Wildman–Crippen MR) is 87.9 cm³/mol. The first kappa shape index (κ1) is 16.4. The smallest absolute Gasteiger partial charge is 0.0834 e. The molecule has 2 rings (SSSR count). The van der Waals surface area contributed by atoms with Gasteiger partial charge in [-0.25, -0.2) is 0 Å². The van der Waals surface area contributed by atoms with E-state index < -0.39 is 0 Å². The van der Waals surface area contributed by atoms with Crippen LogP contribution in [-0.2, 0) is 11.3 Å². The molecule has 0 fully saturated rings. The third-order valence-corrected chi connectivity index (χ3v) is 4.52. The van der Waals surface area contributed by atoms with Gasteiger partial charge in [-0.05, 0) is 19.1 Å². The number of hydrogen-bond donors (Lipinski definition) is 1. The first-order valence-electron chi connectivity index (χ1n) is 6.77. The Morgan fingerprint density at radius 1 is 1.48 bits per heavy atom. The number of nitrogens with two attached hydrogens (primary N) is 1. The number of nitrogens with zero attached hydrogens (tertiary/aromatic N) is 2. The van der Waals surface area contributed by atoms with E-state index in [0.29, 0.717) is 18.2 Å². The molecule has 0 spiro atoms. The van der Waals surface area contributed by atoms with Crippen molar-refractivity contribution in [2.75, 3.05) is 19.5 Å². The van der Waals surface area contributed by atoms with Crippen LogP contribution < -0.4 is 5.73 Å². The Labute approximate surface area is 134 Å². The molecule has 1 unspecified atom stereocenters. The molecule has 1 heterocycles. The zero-order valence-electron chi connectivity index (χ0n) is 12.3. The van der Waals surface area contributed by atoms with Crippen LogP contribution in [0.15, 0.2) is 35.4 Å². The lowest BCUT2D eigenvalue weighted by Crippen LogP contribution is -2.20. The number of benzene rings is 1. The van der Waals surface area contributed by atoms with Crippen molar-refractivity contribution in [1.29, 1.82) is 0 Å². The van der Waals surface area contributed by atoms with Gasteiger partial charge in [0, 0.05) is 17.8 Å². The number of halogens is 1. The second-order valence-corrected chi connectivity index (χ2v) is 6.33. The van der Waals surface area contributed by atoms with Gasteiger partial charge >= 0.3 is 0 Å². The quantitative estimate of drug-likeness (QED) is 0.794. The number of rotatable bonds is 7. The van der Waals surface area contributed by atoms with Gasteiger partial charge in [-0.1, -0.05) is 29.3 Å². The highest BCUT2D eigenvalue weighted by atomic mass is 35.5. The summed E-state index contributed by atoms with van der Waals surface area (Å²) < 4.78 is 6.91. The molecule has 114 valence electrons. The fourth-order valence-corrected chi connectivity index (χ4v) is 3.32. The van der Waals surface area contributed by atoms with Crippen molar-refractivity contribution in [3.05, 3.63) is 46.7 Å². The molecular weight excluding hydrogens is 306 g/mol. The van der Waals surface area contributed by atoms with Crippen LogP contribution in [0.4, 0.5) is 0 Å². The third kappa shape index (κ3) is 4.48. The van der Waals surface area contributed by atoms with Crippen LogP contribution in [0.2, 0.25) is 5.02 Å². The minimum absolute atomic E-state index is 0.164. The molecule has 6 heteroatoms. The van der Waals surface area contributed by atoms with Gasteiger partial charge < -0.3 is 10.5 Å². The largest absolute Gasteiger partial charge is 0.383 e. The first-order valence-corrected chi connectivity index (χ1v) is 8.13. The number of methoxy groups -OCH3 is 1. The molecule has 4 nitrogen and oxygen atoms in total. The van der Waals surface area contributed by atoms with Crippen LogP contribution in [0.25, 0.3) is 0 Å². The van der Waals surface area contributed by atoms with Gasteiger partial charge in [0.1, 0.15) is 0 Å². The summed E-state index contributed by atoms with van der Waals surface area (Å²) in [6.45, 7) is 3.32. The fraction of sp³-hybridized carbons (Fsp3) is 0.400. The molecule has 0 aliphatic heterocycles. The number of aryl methyl sites for hydroxylation is 1. The summed E-state index contributed by atoms with van der Waals surface area (Å²) in [5.74, 6) is 0.752. The third-order valence-electron chi connectivity index (χ3n) is 3.11. The maximum atomic E-state index is 6.29. The molecule has 1 atom stereocenters. The van der Waals surface area contributed by atoms with E-state index >= 15 is 0 Å². The van der Waals surface area contributed by atoms with Gasteiger partial charge in [-0.3, -0.25) is 4.68 Å². The summed E-state index contributed by atoms with van der Waals surface area (Å²) >= 11 is 7.94. The van der Waals surface area contributed by atoms with Crippen LogP contribution in [0, 0.1) is 6.92 Å². The van der Waals surface area contributed by atoms with Crippen molar-refractivity contribution < 1.29 is 4.74 Å². The lowest BCUT2D eigenvalue weighted by molar-refractivity contribution is 0.182. The molecule has 0 aliphatic carbocycles. The molecule has 0 aliphatic rings. The Morgan fingerprint density at radius 2 is 2.29 bits per heavy atom. The number of aromatic nitrogens is 2. The van der Waals surface area contributed by atoms with E-state index in [9.17, 15) is 0 Å². The summed E-state index contributed by atoms with van der Waals surface area (Å²) in [4.78, 5) is 1.21. The van der Waals surface area contributed by atoms with Crippen LogP contribution in [0.1, 0.15) is 17.3 Å². The normalized spacial score (nSPS) is 12.6. The lowest BCUT2D eigenvalue weighted by atomic mass is 10.2. The molecular formula is C15H20ClN3OS. The van der Waals surface area contributed by atoms with Gasteiger partial charge in [-0.2, -0.15) is 5.10 Å². The van der Waals surface area contributed by atoms with Crippen molar-refractivity contribution in [3.8, 4) is 0 Å². The minimum Gasteiger partial charge on any atom is -0.383 e. The molecule has 2 aromatic rings. The van der Waals surface area contributed by atoms with Crippen molar-refractivity contribution >= 4 is 23.4 Å². The Balaban J connectivity index is 2.02. The van der Waals surface area contributed by atoms with Gasteiger partial charge in [0.25, 0.3) is 0 Å². The summed E-state index contributed by atoms with van der Waals surface area (Å²) in [5.41, 5.74) is 8.41. The molecule has 0 bridgehead atoms. The first-order chi connectivity index (χ1) is 10.1. The lowest BCUT2D eigenvalue weighted by Gasteiger charge is -2.15. The van der Waals surface area contributed by atoms with Crippen LogP contribution >= 0.6 is 23.4 Å². The van der Waals surface area contributed by atoms with Gasteiger partial charge in [0.2, 0.25) is 0 Å². The Morgan fingerprint density at radius 3 is 3.00 bits per heavy atom. The second-order valence-electron chi connectivity index (χ2n) is 4.83. The predicted octanol–water partition coefficient (Wildman–Crippen LogP) is 3.28. The molecule has 0 saturated heterocycles. The minimum atomic E-state index is -0.164. The topological polar surface area (TPSA) is 53.1 Å². The molecule has 2 N–H and O–H groups in total. The number of ether oxygens (including phenoxy) is 1. The van der Waals surface area contributed by atoms with E-state index in [0.717, 1.165) is 11.4 Å². The highest BCUT2D eigenvalue weighted by molar-refractivity contribution is 7.99. The molecule has 21 heavy (non-hydrogen) atoms. The van der Waals surface area contributed by atoms with Crippen LogP contribution in [0.5, 0.6) is 0 Å². The number of thioether (sulfide) groups is 1. The average Bonchev–Trinajstić information content (AvgIpc) is 2.83. The van der Waals surface area contributed by atoms with E-state index in [1.54, 1.807) is 25.1 Å². The average molecular weight is 326 g/mol. The van der Waals surface area contributed by atoms with E-state index in [2.05, 4.69) is 36.3 Å². The second kappa shape index (κ2) is 7.84. The SMILES string of the molecule is COCCn1ncc(Cl)c1C(N)CSc1cccc(C)c1. The Bertz CT molecular complexity index is 588. The van der Waals surface area contributed by atoms with Gasteiger partial charge in [0.15, 0.2) is 0 Å². The molecule has 0 radical (unpaired) electrons. The van der Waals surface area contributed by atoms with E-state index in [1.807, 2.05) is 4.68 Å². The fourth-order valence-electron chi connectivity index (χ4n) is 2.07. The summed E-state index contributed by atoms with van der Waals surface area (Å²) in [7, 11) is 1.66. The molecule has 1 aromatic heterocycles. The van der Waals surface area contributed by atoms with Crippen LogP contribution in [-0.4, -0.2) is 29.3 Å². The van der Waals surface area contributed by atoms with Gasteiger partial charge in [0.05, 0.1) is 36.1 Å². The maximum absolute atomic E-state index is 6.29. The van der Waals surface area contributed by atoms with E-state index in [1.165, 1.54) is 10.5 Å². The summed E-state index contributed by atoms with van der Waals surface area (Å²) in [5, 5.41) is 4.87. The highest BCUT2D eigenvalue weighted by Crippen LogP contribution is 2.27. The zero-order chi connectivity index (χ0) is 15.2. The highest BCUT2D eigenvalue weighted by Gasteiger charge is 2.17. The molecule has 1 aromatic carbocycles. The Kier molecular flexibility index (Phi) is 6.11. The van der Waals surface area contributed by atoms with Crippen molar-refractivity contribution in [1.82, 2.24) is 9.78 Å². The molecule has 0 amide bonds. The summed E-state index contributed by atoms with van der Waals surface area (Å²) in [6, 6.07) is 8.22. The van der Waals surface area contributed by atoms with Crippen molar-refractivity contribution in [3.63, 3.8) is 0 Å². The molecule has 0 saturated carbocycles. The zero-order valence-corrected chi connectivity index (χ0v) is 13.8. The Hall–Kier alpha value is -1.01. The van der Waals surface area contributed by atoms with E-state index in [4.69, 9.17) is 22.1 Å². The van der Waals surface area contributed by atoms with Crippen molar-refractivity contribution in [2.45, 2.75) is 24.4 Å². The standard InChI is InChI=1S/C15H20ClN3OS/c1-11-4-3-5-12(8-11)21-10-14(17)15-13(16)9-18-19(15)6-7-20-2/h3-5,8-9,14H,6-7,10,17H2,1-2H3. The summed E-state index contributed by atoms with van der Waals surface area (Å²) in [6.07, 6.45) is 1.64.